The molecule has 0 spiro atoms. The molecule has 0 amide bonds. The van der Waals surface area contributed by atoms with Crippen molar-refractivity contribution in [1.29, 1.82) is 0 Å². The molecule has 0 atom stereocenters. The first-order valence-electron chi connectivity index (χ1n) is 8.28. The molecule has 0 bridgehead atoms. The molecule has 0 radical (unpaired) electrons. The Morgan fingerprint density at radius 2 is 2.00 bits per heavy atom. The van der Waals surface area contributed by atoms with Crippen molar-refractivity contribution in [3.8, 4) is 11.8 Å². The number of aromatic nitrogens is 2. The molecule has 2 aromatic heterocycles. The van der Waals surface area contributed by atoms with E-state index < -0.39 is 41.5 Å². The van der Waals surface area contributed by atoms with Gasteiger partial charge in [-0.15, -0.1) is 0 Å². The van der Waals surface area contributed by atoms with Crippen LogP contribution in [0.1, 0.15) is 0 Å². The number of ether oxygens (including phenoxy) is 3. The minimum absolute atomic E-state index is 0.0962. The van der Waals surface area contributed by atoms with E-state index in [1.807, 2.05) is 0 Å². The molecular formula is C17H15ClF3N3O5S. The lowest BCUT2D eigenvalue weighted by molar-refractivity contribution is -0.133. The van der Waals surface area contributed by atoms with Gasteiger partial charge in [-0.25, -0.2) is 12.8 Å². The van der Waals surface area contributed by atoms with Crippen LogP contribution < -0.4 is 14.2 Å². The smallest absolute Gasteiger partial charge is 0.345 e. The molecule has 2 N–H and O–H groups in total. The lowest BCUT2D eigenvalue weighted by Gasteiger charge is -2.13. The van der Waals surface area contributed by atoms with Crippen molar-refractivity contribution in [2.45, 2.75) is 11.5 Å². The van der Waals surface area contributed by atoms with Gasteiger partial charge in [-0.05, 0) is 18.2 Å². The number of hydrogen-bond donors (Lipinski definition) is 2. The van der Waals surface area contributed by atoms with Crippen molar-refractivity contribution in [3.63, 3.8) is 0 Å². The van der Waals surface area contributed by atoms with Crippen LogP contribution in [0, 0.1) is 5.82 Å². The van der Waals surface area contributed by atoms with Crippen molar-refractivity contribution in [2.24, 2.45) is 0 Å². The maximum absolute atomic E-state index is 14.3. The Labute approximate surface area is 174 Å². The van der Waals surface area contributed by atoms with Crippen molar-refractivity contribution in [2.75, 3.05) is 25.0 Å². The maximum atomic E-state index is 14.3. The molecule has 162 valence electrons. The van der Waals surface area contributed by atoms with Crippen molar-refractivity contribution >= 4 is 38.2 Å². The first-order chi connectivity index (χ1) is 14.2. The third-order valence-electron chi connectivity index (χ3n) is 3.81. The van der Waals surface area contributed by atoms with Gasteiger partial charge in [0.1, 0.15) is 17.2 Å². The van der Waals surface area contributed by atoms with Crippen LogP contribution in [0.15, 0.2) is 35.4 Å². The topological polar surface area (TPSA) is 103 Å². The zero-order valence-electron chi connectivity index (χ0n) is 15.3. The summed E-state index contributed by atoms with van der Waals surface area (Å²) in [6.07, 6.45) is 1.26. The summed E-state index contributed by atoms with van der Waals surface area (Å²) in [5.41, 5.74) is 0.211. The summed E-state index contributed by atoms with van der Waals surface area (Å²) in [6.45, 7) is -3.89. The van der Waals surface area contributed by atoms with Gasteiger partial charge < -0.3 is 19.2 Å². The minimum atomic E-state index is -4.16. The molecule has 0 saturated heterocycles. The summed E-state index contributed by atoms with van der Waals surface area (Å²) >= 11 is 5.90. The van der Waals surface area contributed by atoms with Crippen LogP contribution >= 0.6 is 11.6 Å². The molecule has 8 nitrogen and oxygen atoms in total. The predicted molar refractivity (Wildman–Crippen MR) is 102 cm³/mol. The number of hydrogen-bond acceptors (Lipinski definition) is 6. The second kappa shape index (κ2) is 8.98. The predicted octanol–water partition coefficient (Wildman–Crippen LogP) is 3.78. The molecule has 0 aliphatic heterocycles. The molecule has 13 heteroatoms. The highest BCUT2D eigenvalue weighted by molar-refractivity contribution is 7.93. The second-order valence-corrected chi connectivity index (χ2v) is 7.85. The summed E-state index contributed by atoms with van der Waals surface area (Å²) in [6, 6.07) is 5.42. The Morgan fingerprint density at radius 3 is 2.70 bits per heavy atom. The molecule has 0 fully saturated rings. The number of benzene rings is 1. The van der Waals surface area contributed by atoms with Gasteiger partial charge in [-0.2, -0.15) is 13.8 Å². The van der Waals surface area contributed by atoms with Gasteiger partial charge in [0.05, 0.1) is 13.7 Å². The van der Waals surface area contributed by atoms with Gasteiger partial charge in [0.25, 0.3) is 15.9 Å². The molecule has 3 rings (SSSR count). The van der Waals surface area contributed by atoms with Gasteiger partial charge in [0, 0.05) is 28.2 Å². The molecular weight excluding hydrogens is 451 g/mol. The van der Waals surface area contributed by atoms with E-state index in [2.05, 4.69) is 19.4 Å². The van der Waals surface area contributed by atoms with E-state index in [-0.39, 0.29) is 16.5 Å². The number of fused-ring (bicyclic) bond motifs is 1. The van der Waals surface area contributed by atoms with Crippen molar-refractivity contribution in [3.05, 3.63) is 41.3 Å². The SMILES string of the molecule is COc1nc(OCCOC(F)F)c(F)cc1NS(=O)(=O)c1c[nH]c2cc(Cl)ccc12. The molecule has 0 saturated carbocycles. The number of pyridine rings is 1. The number of nitrogens with zero attached hydrogens (tertiary/aromatic N) is 1. The normalized spacial score (nSPS) is 11.8. The molecule has 30 heavy (non-hydrogen) atoms. The van der Waals surface area contributed by atoms with Crippen LogP contribution in [0.3, 0.4) is 0 Å². The Hall–Kier alpha value is -2.70. The van der Waals surface area contributed by atoms with E-state index in [4.69, 9.17) is 21.1 Å². The van der Waals surface area contributed by atoms with Crippen LogP contribution in [0.4, 0.5) is 18.9 Å². The van der Waals surface area contributed by atoms with E-state index in [1.54, 1.807) is 6.07 Å². The Balaban J connectivity index is 1.85. The molecule has 1 aromatic carbocycles. The van der Waals surface area contributed by atoms with Gasteiger partial charge in [0.15, 0.2) is 5.82 Å². The molecule has 0 aliphatic rings. The number of H-pyrrole nitrogens is 1. The lowest BCUT2D eigenvalue weighted by Crippen LogP contribution is -2.15. The first kappa shape index (κ1) is 22.0. The standard InChI is InChI=1S/C17H15ClF3N3O5S/c1-27-16-13(7-11(19)15(23-16)28-4-5-29-17(20)21)24-30(25,26)14-8-22-12-6-9(18)2-3-10(12)14/h2-3,6-8,17,22,24H,4-5H2,1H3. The lowest BCUT2D eigenvalue weighted by atomic mass is 10.2. The Morgan fingerprint density at radius 1 is 1.23 bits per heavy atom. The number of alkyl halides is 2. The molecule has 0 aliphatic carbocycles. The number of sulfonamides is 1. The minimum Gasteiger partial charge on any atom is -0.479 e. The summed E-state index contributed by atoms with van der Waals surface area (Å²) in [7, 11) is -2.97. The highest BCUT2D eigenvalue weighted by atomic mass is 35.5. The van der Waals surface area contributed by atoms with Crippen molar-refractivity contribution in [1.82, 2.24) is 9.97 Å². The van der Waals surface area contributed by atoms with Crippen LogP contribution in [0.2, 0.25) is 5.02 Å². The largest absolute Gasteiger partial charge is 0.479 e. The second-order valence-electron chi connectivity index (χ2n) is 5.76. The number of rotatable bonds is 9. The summed E-state index contributed by atoms with van der Waals surface area (Å²) in [5, 5.41) is 0.794. The fourth-order valence-electron chi connectivity index (χ4n) is 2.56. The summed E-state index contributed by atoms with van der Waals surface area (Å²) < 4.78 is 79.9. The molecule has 0 unspecified atom stereocenters. The number of anilines is 1. The zero-order chi connectivity index (χ0) is 21.9. The fourth-order valence-corrected chi connectivity index (χ4v) is 3.95. The van der Waals surface area contributed by atoms with Crippen LogP contribution in [0.25, 0.3) is 10.9 Å². The van der Waals surface area contributed by atoms with E-state index in [1.165, 1.54) is 25.4 Å². The third kappa shape index (κ3) is 4.89. The number of nitrogens with one attached hydrogen (secondary N) is 2. The first-order valence-corrected chi connectivity index (χ1v) is 10.1. The maximum Gasteiger partial charge on any atom is 0.345 e. The highest BCUT2D eigenvalue weighted by Gasteiger charge is 2.23. The average molecular weight is 466 g/mol. The number of halogens is 4. The van der Waals surface area contributed by atoms with Gasteiger partial charge >= 0.3 is 6.61 Å². The highest BCUT2D eigenvalue weighted by Crippen LogP contribution is 2.32. The fraction of sp³-hybridized carbons (Fsp3) is 0.235. The zero-order valence-corrected chi connectivity index (χ0v) is 16.9. The van der Waals surface area contributed by atoms with E-state index >= 15 is 0 Å². The molecule has 3 aromatic rings. The van der Waals surface area contributed by atoms with E-state index in [0.29, 0.717) is 15.9 Å². The van der Waals surface area contributed by atoms with E-state index in [9.17, 15) is 21.6 Å². The van der Waals surface area contributed by atoms with Crippen LogP contribution in [0.5, 0.6) is 11.8 Å². The number of methoxy groups -OCH3 is 1. The van der Waals surface area contributed by atoms with Gasteiger partial charge in [-0.1, -0.05) is 11.6 Å². The van der Waals surface area contributed by atoms with E-state index in [0.717, 1.165) is 6.07 Å². The average Bonchev–Trinajstić information content (AvgIpc) is 3.10. The van der Waals surface area contributed by atoms with Crippen LogP contribution in [-0.2, 0) is 14.8 Å². The number of aromatic amines is 1. The summed E-state index contributed by atoms with van der Waals surface area (Å²) in [5.74, 6) is -1.88. The Kier molecular flexibility index (Phi) is 6.58. The van der Waals surface area contributed by atoms with Gasteiger partial charge in [0.2, 0.25) is 5.88 Å². The Bertz CT molecular complexity index is 1160. The summed E-state index contributed by atoms with van der Waals surface area (Å²) in [4.78, 5) is 6.43. The van der Waals surface area contributed by atoms with Crippen LogP contribution in [-0.4, -0.2) is 45.3 Å². The van der Waals surface area contributed by atoms with Gasteiger partial charge in [-0.3, -0.25) is 4.72 Å². The quantitative estimate of drug-likeness (QED) is 0.466. The van der Waals surface area contributed by atoms with Crippen molar-refractivity contribution < 1.29 is 35.8 Å². The molecule has 2 heterocycles. The third-order valence-corrected chi connectivity index (χ3v) is 5.45. The monoisotopic (exact) mass is 465 g/mol.